The predicted molar refractivity (Wildman–Crippen MR) is 297 cm³/mol. The second-order valence-electron chi connectivity index (χ2n) is 19.8. The number of rotatable bonds is 51. The Hall–Kier alpha value is -3.79. The first-order chi connectivity index (χ1) is 34.6. The Morgan fingerprint density at radius 2 is 0.803 bits per heavy atom. The molecule has 0 radical (unpaired) electrons. The van der Waals surface area contributed by atoms with Gasteiger partial charge in [0.15, 0.2) is 12.4 Å². The summed E-state index contributed by atoms with van der Waals surface area (Å²) in [6.45, 7) is 4.59. The van der Waals surface area contributed by atoms with Crippen molar-refractivity contribution in [3.8, 4) is 0 Å². The van der Waals surface area contributed by atoms with Crippen LogP contribution in [-0.4, -0.2) is 82.3 Å². The number of carbonyl (C=O) groups is 3. The fourth-order valence-corrected chi connectivity index (χ4v) is 7.45. The summed E-state index contributed by atoms with van der Waals surface area (Å²) >= 11 is 0. The Morgan fingerprint density at radius 3 is 1.20 bits per heavy atom. The number of hydrogen-bond donors (Lipinski definition) is 0. The number of quaternary nitrogens is 1. The van der Waals surface area contributed by atoms with E-state index in [0.29, 0.717) is 17.4 Å². The third kappa shape index (κ3) is 53.8. The van der Waals surface area contributed by atoms with E-state index in [0.717, 1.165) is 103 Å². The van der Waals surface area contributed by atoms with Crippen LogP contribution in [0, 0.1) is 0 Å². The highest BCUT2D eigenvalue weighted by molar-refractivity contribution is 5.70. The van der Waals surface area contributed by atoms with Gasteiger partial charge in [0.05, 0.1) is 40.3 Å². The van der Waals surface area contributed by atoms with Crippen molar-refractivity contribution < 1.29 is 42.9 Å². The molecule has 0 aromatic carbocycles. The number of hydrogen-bond acceptors (Lipinski definition) is 8. The van der Waals surface area contributed by atoms with Gasteiger partial charge in [0, 0.05) is 12.8 Å². The van der Waals surface area contributed by atoms with Gasteiger partial charge in [-0.15, -0.1) is 0 Å². The van der Waals surface area contributed by atoms with Crippen molar-refractivity contribution >= 4 is 17.9 Å². The van der Waals surface area contributed by atoms with Crippen LogP contribution in [0.5, 0.6) is 0 Å². The molecule has 0 saturated heterocycles. The van der Waals surface area contributed by atoms with Crippen LogP contribution in [0.3, 0.4) is 0 Å². The lowest BCUT2D eigenvalue weighted by molar-refractivity contribution is -0.870. The van der Waals surface area contributed by atoms with Gasteiger partial charge in [-0.3, -0.25) is 9.59 Å². The van der Waals surface area contributed by atoms with Gasteiger partial charge in [-0.05, 0) is 96.3 Å². The number of allylic oxidation sites excluding steroid dienone is 16. The van der Waals surface area contributed by atoms with E-state index in [4.69, 9.17) is 18.9 Å². The van der Waals surface area contributed by atoms with Gasteiger partial charge >= 0.3 is 11.9 Å². The van der Waals surface area contributed by atoms with Crippen molar-refractivity contribution in [1.29, 1.82) is 0 Å². The molecule has 0 saturated carbocycles. The maximum atomic E-state index is 12.9. The highest BCUT2D eigenvalue weighted by Crippen LogP contribution is 2.14. The maximum absolute atomic E-state index is 12.9. The number of likely N-dealkylation sites (N-methyl/N-ethyl adjacent to an activating group) is 1. The van der Waals surface area contributed by atoms with E-state index in [2.05, 4.69) is 111 Å². The Balaban J connectivity index is 4.34. The van der Waals surface area contributed by atoms with E-state index >= 15 is 0 Å². The van der Waals surface area contributed by atoms with Crippen molar-refractivity contribution in [2.75, 3.05) is 47.5 Å². The highest BCUT2D eigenvalue weighted by Gasteiger charge is 2.22. The third-order valence-corrected chi connectivity index (χ3v) is 11.8. The largest absolute Gasteiger partial charge is 0.545 e. The molecule has 0 spiro atoms. The fourth-order valence-electron chi connectivity index (χ4n) is 7.45. The minimum absolute atomic E-state index is 0.139. The second kappa shape index (κ2) is 52.5. The molecule has 0 fully saturated rings. The van der Waals surface area contributed by atoms with Crippen LogP contribution in [0.25, 0.3) is 0 Å². The molecule has 0 aromatic rings. The van der Waals surface area contributed by atoms with E-state index in [9.17, 15) is 19.5 Å². The molecule has 2 unspecified atom stereocenters. The second-order valence-corrected chi connectivity index (χ2v) is 19.8. The van der Waals surface area contributed by atoms with Gasteiger partial charge in [0.2, 0.25) is 0 Å². The molecule has 0 aliphatic heterocycles. The first-order valence-electron chi connectivity index (χ1n) is 28.4. The van der Waals surface area contributed by atoms with Crippen LogP contribution in [0.2, 0.25) is 0 Å². The molecular formula is C62H105NO8. The Kier molecular flexibility index (Phi) is 49.7. The fraction of sp³-hybridized carbons (Fsp3) is 0.694. The molecule has 9 heteroatoms. The number of aliphatic carboxylic acids is 1. The minimum Gasteiger partial charge on any atom is -0.545 e. The van der Waals surface area contributed by atoms with Crippen molar-refractivity contribution in [1.82, 2.24) is 0 Å². The molecule has 0 N–H and O–H groups in total. The Morgan fingerprint density at radius 1 is 0.437 bits per heavy atom. The molecule has 71 heavy (non-hydrogen) atoms. The number of esters is 2. The zero-order chi connectivity index (χ0) is 52.0. The summed E-state index contributed by atoms with van der Waals surface area (Å²) in [5, 5.41) is 11.8. The first kappa shape index (κ1) is 67.2. The van der Waals surface area contributed by atoms with Gasteiger partial charge in [0.1, 0.15) is 13.2 Å². The predicted octanol–water partition coefficient (Wildman–Crippen LogP) is 15.2. The maximum Gasteiger partial charge on any atom is 0.306 e. The van der Waals surface area contributed by atoms with Crippen molar-refractivity contribution in [2.24, 2.45) is 0 Å². The molecule has 0 bridgehead atoms. The first-order valence-corrected chi connectivity index (χ1v) is 28.4. The van der Waals surface area contributed by atoms with Gasteiger partial charge < -0.3 is 33.3 Å². The summed E-state index contributed by atoms with van der Waals surface area (Å²) < 4.78 is 22.7. The van der Waals surface area contributed by atoms with Crippen LogP contribution < -0.4 is 5.11 Å². The third-order valence-electron chi connectivity index (χ3n) is 11.8. The molecule has 0 aromatic heterocycles. The lowest BCUT2D eigenvalue weighted by Crippen LogP contribution is -2.44. The number of carbonyl (C=O) groups excluding carboxylic acids is 3. The average molecular weight is 993 g/mol. The molecule has 406 valence electrons. The summed E-state index contributed by atoms with van der Waals surface area (Å²) in [4.78, 5) is 37.3. The van der Waals surface area contributed by atoms with Gasteiger partial charge in [-0.1, -0.05) is 207 Å². The Bertz CT molecular complexity index is 1480. The van der Waals surface area contributed by atoms with Crippen LogP contribution in [-0.2, 0) is 33.3 Å². The molecule has 2 atom stereocenters. The highest BCUT2D eigenvalue weighted by atomic mass is 16.7. The zero-order valence-electron chi connectivity index (χ0n) is 46.1. The van der Waals surface area contributed by atoms with Crippen LogP contribution in [0.1, 0.15) is 219 Å². The molecular weight excluding hydrogens is 887 g/mol. The number of carboxylic acids is 1. The van der Waals surface area contributed by atoms with E-state index in [1.807, 2.05) is 21.1 Å². The van der Waals surface area contributed by atoms with Crippen molar-refractivity contribution in [3.05, 3.63) is 97.2 Å². The van der Waals surface area contributed by atoms with Crippen LogP contribution in [0.15, 0.2) is 97.2 Å². The summed E-state index contributed by atoms with van der Waals surface area (Å²) in [6.07, 6.45) is 67.3. The quantitative estimate of drug-likeness (QED) is 0.0195. The average Bonchev–Trinajstić information content (AvgIpc) is 3.34. The minimum atomic E-state index is -1.63. The van der Waals surface area contributed by atoms with E-state index in [1.54, 1.807) is 0 Å². The lowest BCUT2D eigenvalue weighted by Gasteiger charge is -2.26. The molecule has 0 aliphatic rings. The van der Waals surface area contributed by atoms with E-state index < -0.39 is 24.3 Å². The standard InChI is InChI=1S/C62H105NO8/c1-6-8-10-12-14-16-18-20-22-24-26-28-30-32-34-36-38-40-42-44-46-48-50-52-59(64)69-56-58(57-70-62(61(66)67)68-55-54-63(3,4)5)71-60(65)53-51-49-47-45-43-41-39-37-35-33-31-29-27-25-23-21-19-17-15-13-11-9-7-2/h9,11,15,17-18,20-21,23-24,26-27,29-30,32-33,35,58,62H,6-8,10,12-14,16,19,22,25,28,31,34,36-57H2,1-5H3/b11-9-,17-15-,20-18-,23-21-,26-24-,29-27-,32-30-,35-33-. The van der Waals surface area contributed by atoms with E-state index in [-0.39, 0.29) is 38.6 Å². The lowest BCUT2D eigenvalue weighted by atomic mass is 10.1. The normalized spacial score (nSPS) is 13.5. The molecule has 9 nitrogen and oxygen atoms in total. The Labute approximate surface area is 435 Å². The van der Waals surface area contributed by atoms with Crippen molar-refractivity contribution in [3.63, 3.8) is 0 Å². The zero-order valence-corrected chi connectivity index (χ0v) is 46.1. The van der Waals surface area contributed by atoms with E-state index in [1.165, 1.54) is 83.5 Å². The summed E-state index contributed by atoms with van der Waals surface area (Å²) in [7, 11) is 5.91. The molecule has 0 heterocycles. The number of carboxylic acid groups (broad SMARTS) is 1. The van der Waals surface area contributed by atoms with Gasteiger partial charge in [0.25, 0.3) is 0 Å². The van der Waals surface area contributed by atoms with Gasteiger partial charge in [-0.2, -0.15) is 0 Å². The monoisotopic (exact) mass is 992 g/mol. The SMILES string of the molecule is CC/C=C\C/C=C\C/C=C\C/C=C\C/C=C\CCCCCCCCCC(=O)OC(COC(=O)CCCCCCCCCC/C=C\C/C=C\C/C=C\CCCCCCC)COC(OCC[N+](C)(C)C)C(=O)[O-]. The van der Waals surface area contributed by atoms with Crippen LogP contribution >= 0.6 is 0 Å². The van der Waals surface area contributed by atoms with Crippen LogP contribution in [0.4, 0.5) is 0 Å². The summed E-state index contributed by atoms with van der Waals surface area (Å²) in [5.41, 5.74) is 0. The summed E-state index contributed by atoms with van der Waals surface area (Å²) in [5.74, 6) is -2.32. The molecule has 0 aliphatic carbocycles. The number of ether oxygens (including phenoxy) is 4. The topological polar surface area (TPSA) is 111 Å². The van der Waals surface area contributed by atoms with Crippen molar-refractivity contribution in [2.45, 2.75) is 232 Å². The molecule has 0 amide bonds. The van der Waals surface area contributed by atoms with Gasteiger partial charge in [-0.25, -0.2) is 0 Å². The smallest absolute Gasteiger partial charge is 0.306 e. The summed E-state index contributed by atoms with van der Waals surface area (Å²) in [6, 6.07) is 0. The number of unbranched alkanes of at least 4 members (excludes halogenated alkanes) is 20. The molecule has 0 rings (SSSR count). The number of nitrogens with zero attached hydrogens (tertiary/aromatic N) is 1.